The van der Waals surface area contributed by atoms with Crippen LogP contribution in [0.25, 0.3) is 0 Å². The van der Waals surface area contributed by atoms with E-state index in [1.807, 2.05) is 13.0 Å². The van der Waals surface area contributed by atoms with Gasteiger partial charge < -0.3 is 10.4 Å². The van der Waals surface area contributed by atoms with Gasteiger partial charge in [0, 0.05) is 18.7 Å². The molecule has 0 radical (unpaired) electrons. The van der Waals surface area contributed by atoms with E-state index in [0.29, 0.717) is 18.7 Å². The van der Waals surface area contributed by atoms with E-state index in [4.69, 9.17) is 11.5 Å². The van der Waals surface area contributed by atoms with E-state index in [1.165, 1.54) is 0 Å². The van der Waals surface area contributed by atoms with Gasteiger partial charge in [-0.1, -0.05) is 11.6 Å². The van der Waals surface area contributed by atoms with Gasteiger partial charge in [-0.25, -0.2) is 4.79 Å². The molecule has 0 aliphatic heterocycles. The zero-order chi connectivity index (χ0) is 11.3. The zero-order valence-corrected chi connectivity index (χ0v) is 8.58. The third-order valence-electron chi connectivity index (χ3n) is 1.99. The Labute approximate surface area is 89.1 Å². The molecule has 1 aromatic carbocycles. The van der Waals surface area contributed by atoms with Gasteiger partial charge >= 0.3 is 5.97 Å². The summed E-state index contributed by atoms with van der Waals surface area (Å²) < 4.78 is 0. The molecule has 0 amide bonds. The highest BCUT2D eigenvalue weighted by Gasteiger charge is 2.08. The second-order valence-electron chi connectivity index (χ2n) is 3.24. The number of carboxylic acids is 1. The normalized spacial score (nSPS) is 9.33. The predicted molar refractivity (Wildman–Crippen MR) is 60.1 cm³/mol. The van der Waals surface area contributed by atoms with E-state index in [0.717, 1.165) is 5.56 Å². The number of aromatic carboxylic acids is 1. The Balaban J connectivity index is 2.87. The molecule has 0 heterocycles. The average molecular weight is 203 g/mol. The van der Waals surface area contributed by atoms with Crippen molar-refractivity contribution in [2.24, 2.45) is 0 Å². The Morgan fingerprint density at radius 3 is 2.93 bits per heavy atom. The van der Waals surface area contributed by atoms with Crippen molar-refractivity contribution in [3.8, 4) is 12.3 Å². The van der Waals surface area contributed by atoms with Crippen molar-refractivity contribution in [3.63, 3.8) is 0 Å². The minimum absolute atomic E-state index is 0.284. The fraction of sp³-hybridized carbons (Fsp3) is 0.250. The van der Waals surface area contributed by atoms with Crippen molar-refractivity contribution < 1.29 is 9.90 Å². The van der Waals surface area contributed by atoms with Gasteiger partial charge in [-0.15, -0.1) is 12.3 Å². The summed E-state index contributed by atoms with van der Waals surface area (Å²) in [5.41, 5.74) is 1.82. The van der Waals surface area contributed by atoms with Crippen LogP contribution in [0, 0.1) is 19.3 Å². The molecule has 0 bridgehead atoms. The molecule has 15 heavy (non-hydrogen) atoms. The van der Waals surface area contributed by atoms with Crippen LogP contribution in [-0.4, -0.2) is 17.6 Å². The highest BCUT2D eigenvalue weighted by atomic mass is 16.4. The SMILES string of the molecule is C#CCCNc1ccc(C)cc1C(=O)O. The molecule has 0 saturated heterocycles. The number of aryl methyl sites for hydroxylation is 1. The highest BCUT2D eigenvalue weighted by Crippen LogP contribution is 2.17. The van der Waals surface area contributed by atoms with Gasteiger partial charge in [-0.2, -0.15) is 0 Å². The maximum absolute atomic E-state index is 10.9. The number of carboxylic acid groups (broad SMARTS) is 1. The summed E-state index contributed by atoms with van der Waals surface area (Å²) in [6.45, 7) is 2.44. The van der Waals surface area contributed by atoms with Crippen molar-refractivity contribution in [2.75, 3.05) is 11.9 Å². The first-order chi connectivity index (χ1) is 7.15. The molecule has 0 atom stereocenters. The van der Waals surface area contributed by atoms with E-state index in [9.17, 15) is 4.79 Å². The van der Waals surface area contributed by atoms with E-state index >= 15 is 0 Å². The summed E-state index contributed by atoms with van der Waals surface area (Å²) in [5, 5.41) is 12.0. The quantitative estimate of drug-likeness (QED) is 0.582. The number of hydrogen-bond acceptors (Lipinski definition) is 2. The lowest BCUT2D eigenvalue weighted by Crippen LogP contribution is -2.07. The molecule has 0 aliphatic rings. The van der Waals surface area contributed by atoms with Crippen LogP contribution in [0.5, 0.6) is 0 Å². The Morgan fingerprint density at radius 1 is 1.60 bits per heavy atom. The molecule has 1 aromatic rings. The number of rotatable bonds is 4. The minimum Gasteiger partial charge on any atom is -0.478 e. The van der Waals surface area contributed by atoms with E-state index in [1.54, 1.807) is 12.1 Å². The second-order valence-corrected chi connectivity index (χ2v) is 3.24. The summed E-state index contributed by atoms with van der Waals surface area (Å²) in [7, 11) is 0. The predicted octanol–water partition coefficient (Wildman–Crippen LogP) is 2.13. The second kappa shape index (κ2) is 5.06. The van der Waals surface area contributed by atoms with Crippen LogP contribution in [0.2, 0.25) is 0 Å². The Kier molecular flexibility index (Phi) is 3.75. The van der Waals surface area contributed by atoms with Crippen LogP contribution in [0.3, 0.4) is 0 Å². The topological polar surface area (TPSA) is 49.3 Å². The number of hydrogen-bond donors (Lipinski definition) is 2. The Bertz CT molecular complexity index is 405. The molecule has 1 rings (SSSR count). The smallest absolute Gasteiger partial charge is 0.337 e. The molecular weight excluding hydrogens is 190 g/mol. The van der Waals surface area contributed by atoms with Crippen LogP contribution in [0.4, 0.5) is 5.69 Å². The number of nitrogens with one attached hydrogen (secondary N) is 1. The van der Waals surface area contributed by atoms with Crippen molar-refractivity contribution in [3.05, 3.63) is 29.3 Å². The zero-order valence-electron chi connectivity index (χ0n) is 8.58. The molecule has 3 heteroatoms. The number of carbonyl (C=O) groups is 1. The summed E-state index contributed by atoms with van der Waals surface area (Å²) >= 11 is 0. The lowest BCUT2D eigenvalue weighted by Gasteiger charge is -2.08. The number of benzene rings is 1. The van der Waals surface area contributed by atoms with Crippen molar-refractivity contribution in [2.45, 2.75) is 13.3 Å². The first-order valence-electron chi connectivity index (χ1n) is 4.66. The standard InChI is InChI=1S/C12H13NO2/c1-3-4-7-13-11-6-5-9(2)8-10(11)12(14)15/h1,5-6,8,13H,4,7H2,2H3,(H,14,15). The molecule has 3 nitrogen and oxygen atoms in total. The van der Waals surface area contributed by atoms with Crippen molar-refractivity contribution >= 4 is 11.7 Å². The number of terminal acetylenes is 1. The van der Waals surface area contributed by atoms with Gasteiger partial charge in [-0.3, -0.25) is 0 Å². The molecule has 78 valence electrons. The van der Waals surface area contributed by atoms with Crippen LogP contribution in [0.1, 0.15) is 22.3 Å². The van der Waals surface area contributed by atoms with E-state index in [2.05, 4.69) is 11.2 Å². The minimum atomic E-state index is -0.929. The number of anilines is 1. The molecule has 0 spiro atoms. The van der Waals surface area contributed by atoms with E-state index in [-0.39, 0.29) is 5.56 Å². The average Bonchev–Trinajstić information content (AvgIpc) is 2.20. The largest absolute Gasteiger partial charge is 0.478 e. The molecule has 0 saturated carbocycles. The molecule has 0 aliphatic carbocycles. The van der Waals surface area contributed by atoms with Crippen LogP contribution in [0.15, 0.2) is 18.2 Å². The van der Waals surface area contributed by atoms with E-state index < -0.39 is 5.97 Å². The third kappa shape index (κ3) is 3.03. The van der Waals surface area contributed by atoms with Crippen LogP contribution >= 0.6 is 0 Å². The monoisotopic (exact) mass is 203 g/mol. The van der Waals surface area contributed by atoms with Gasteiger partial charge in [0.1, 0.15) is 0 Å². The van der Waals surface area contributed by atoms with Gasteiger partial charge in [0.2, 0.25) is 0 Å². The van der Waals surface area contributed by atoms with Gasteiger partial charge in [0.15, 0.2) is 0 Å². The third-order valence-corrected chi connectivity index (χ3v) is 1.99. The molecule has 2 N–H and O–H groups in total. The Morgan fingerprint density at radius 2 is 2.33 bits per heavy atom. The fourth-order valence-corrected chi connectivity index (χ4v) is 1.26. The van der Waals surface area contributed by atoms with Crippen molar-refractivity contribution in [1.29, 1.82) is 0 Å². The van der Waals surface area contributed by atoms with Crippen LogP contribution < -0.4 is 5.32 Å². The Hall–Kier alpha value is -1.95. The lowest BCUT2D eigenvalue weighted by molar-refractivity contribution is 0.0698. The highest BCUT2D eigenvalue weighted by molar-refractivity contribution is 5.94. The van der Waals surface area contributed by atoms with Crippen LogP contribution in [-0.2, 0) is 0 Å². The lowest BCUT2D eigenvalue weighted by atomic mass is 10.1. The first-order valence-corrected chi connectivity index (χ1v) is 4.66. The fourth-order valence-electron chi connectivity index (χ4n) is 1.26. The summed E-state index contributed by atoms with van der Waals surface area (Å²) in [4.78, 5) is 10.9. The van der Waals surface area contributed by atoms with Gasteiger partial charge in [0.25, 0.3) is 0 Å². The first kappa shape index (κ1) is 11.1. The summed E-state index contributed by atoms with van der Waals surface area (Å²) in [6, 6.07) is 5.26. The summed E-state index contributed by atoms with van der Waals surface area (Å²) in [5.74, 6) is 1.56. The maximum Gasteiger partial charge on any atom is 0.337 e. The maximum atomic E-state index is 10.9. The molecule has 0 unspecified atom stereocenters. The molecule has 0 fully saturated rings. The van der Waals surface area contributed by atoms with Gasteiger partial charge in [0.05, 0.1) is 5.56 Å². The molecule has 0 aromatic heterocycles. The molecular formula is C12H13NO2. The summed E-state index contributed by atoms with van der Waals surface area (Å²) in [6.07, 6.45) is 5.68. The van der Waals surface area contributed by atoms with Crippen molar-refractivity contribution in [1.82, 2.24) is 0 Å². The van der Waals surface area contributed by atoms with Gasteiger partial charge in [-0.05, 0) is 19.1 Å².